The quantitative estimate of drug-likeness (QED) is 0.643. The number of hydrogen-bond donors (Lipinski definition) is 1. The minimum atomic E-state index is -4.11. The molecule has 148 valence electrons. The van der Waals surface area contributed by atoms with Crippen LogP contribution < -0.4 is 4.72 Å². The molecule has 7 heteroatoms. The van der Waals surface area contributed by atoms with Crippen LogP contribution in [0.4, 0.5) is 0 Å². The van der Waals surface area contributed by atoms with E-state index in [0.29, 0.717) is 17.4 Å². The van der Waals surface area contributed by atoms with E-state index in [9.17, 15) is 22.8 Å². The highest BCUT2D eigenvalue weighted by Gasteiger charge is 2.35. The Bertz CT molecular complexity index is 1310. The average molecular weight is 417 g/mol. The van der Waals surface area contributed by atoms with E-state index in [4.69, 9.17) is 0 Å². The Morgan fingerprint density at radius 1 is 0.700 bits per heavy atom. The Labute approximate surface area is 172 Å². The molecule has 0 fully saturated rings. The van der Waals surface area contributed by atoms with Crippen LogP contribution >= 0.6 is 0 Å². The number of rotatable bonds is 5. The third-order valence-corrected chi connectivity index (χ3v) is 6.11. The normalized spacial score (nSPS) is 13.7. The Morgan fingerprint density at radius 3 is 1.87 bits per heavy atom. The SMILES string of the molecule is O=Cc1ccc(C2=C(NS(=O)(=O)c3ccccc3)C(=O)c3ccccc3C2=O)cc1. The highest BCUT2D eigenvalue weighted by molar-refractivity contribution is 7.89. The monoisotopic (exact) mass is 417 g/mol. The Kier molecular flexibility index (Phi) is 4.89. The molecule has 0 saturated carbocycles. The molecular weight excluding hydrogens is 402 g/mol. The van der Waals surface area contributed by atoms with Gasteiger partial charge in [0.05, 0.1) is 10.5 Å². The zero-order chi connectivity index (χ0) is 21.3. The second-order valence-electron chi connectivity index (χ2n) is 6.61. The van der Waals surface area contributed by atoms with Crippen LogP contribution in [0.3, 0.4) is 0 Å². The average Bonchev–Trinajstić information content (AvgIpc) is 2.78. The summed E-state index contributed by atoms with van der Waals surface area (Å²) in [6, 6.07) is 19.8. The number of benzene rings is 3. The van der Waals surface area contributed by atoms with Crippen molar-refractivity contribution in [2.24, 2.45) is 0 Å². The molecule has 1 aliphatic rings. The van der Waals surface area contributed by atoms with E-state index >= 15 is 0 Å². The summed E-state index contributed by atoms with van der Waals surface area (Å²) >= 11 is 0. The van der Waals surface area contributed by atoms with E-state index in [0.717, 1.165) is 0 Å². The first kappa shape index (κ1) is 19.5. The zero-order valence-corrected chi connectivity index (χ0v) is 16.3. The molecule has 3 aromatic carbocycles. The minimum Gasteiger partial charge on any atom is -0.298 e. The van der Waals surface area contributed by atoms with E-state index in [2.05, 4.69) is 4.72 Å². The molecule has 0 aromatic heterocycles. The molecule has 0 heterocycles. The number of sulfonamides is 1. The summed E-state index contributed by atoms with van der Waals surface area (Å²) in [7, 11) is -4.11. The molecule has 1 aliphatic carbocycles. The maximum atomic E-state index is 13.2. The summed E-state index contributed by atoms with van der Waals surface area (Å²) in [5, 5.41) is 0. The second kappa shape index (κ2) is 7.53. The number of hydrogen-bond acceptors (Lipinski definition) is 5. The standard InChI is InChI=1S/C23H15NO5S/c25-14-15-10-12-16(13-11-15)20-21(24-30(28,29)17-6-2-1-3-7-17)23(27)19-9-5-4-8-18(19)22(20)26/h1-14,24H. The third kappa shape index (κ3) is 3.35. The maximum absolute atomic E-state index is 13.2. The van der Waals surface area contributed by atoms with Crippen molar-refractivity contribution in [3.05, 3.63) is 107 Å². The number of carbonyl (C=O) groups is 3. The maximum Gasteiger partial charge on any atom is 0.262 e. The van der Waals surface area contributed by atoms with Gasteiger partial charge in [-0.1, -0.05) is 66.7 Å². The summed E-state index contributed by atoms with van der Waals surface area (Å²) in [4.78, 5) is 37.3. The molecule has 3 aromatic rings. The highest BCUT2D eigenvalue weighted by Crippen LogP contribution is 2.32. The van der Waals surface area contributed by atoms with E-state index in [1.807, 2.05) is 0 Å². The predicted molar refractivity (Wildman–Crippen MR) is 111 cm³/mol. The molecule has 1 N–H and O–H groups in total. The zero-order valence-electron chi connectivity index (χ0n) is 15.5. The van der Waals surface area contributed by atoms with Crippen molar-refractivity contribution in [3.8, 4) is 0 Å². The number of fused-ring (bicyclic) bond motifs is 1. The molecule has 0 aliphatic heterocycles. The first-order valence-corrected chi connectivity index (χ1v) is 10.5. The second-order valence-corrected chi connectivity index (χ2v) is 8.29. The van der Waals surface area contributed by atoms with Gasteiger partial charge in [0.25, 0.3) is 10.0 Å². The van der Waals surface area contributed by atoms with Crippen LogP contribution in [-0.2, 0) is 10.0 Å². The van der Waals surface area contributed by atoms with Gasteiger partial charge in [-0.25, -0.2) is 8.42 Å². The molecule has 0 saturated heterocycles. The van der Waals surface area contributed by atoms with E-state index in [1.165, 1.54) is 48.5 Å². The van der Waals surface area contributed by atoms with Crippen molar-refractivity contribution in [2.45, 2.75) is 4.90 Å². The van der Waals surface area contributed by atoms with Gasteiger partial charge in [-0.2, -0.15) is 0 Å². The third-order valence-electron chi connectivity index (χ3n) is 4.75. The van der Waals surface area contributed by atoms with Crippen molar-refractivity contribution in [1.82, 2.24) is 4.72 Å². The molecule has 0 atom stereocenters. The smallest absolute Gasteiger partial charge is 0.262 e. The van der Waals surface area contributed by atoms with E-state index in [-0.39, 0.29) is 27.3 Å². The van der Waals surface area contributed by atoms with Gasteiger partial charge < -0.3 is 0 Å². The summed E-state index contributed by atoms with van der Waals surface area (Å²) < 4.78 is 28.1. The fraction of sp³-hybridized carbons (Fsp3) is 0. The van der Waals surface area contributed by atoms with Gasteiger partial charge in [0.1, 0.15) is 12.0 Å². The Morgan fingerprint density at radius 2 is 1.27 bits per heavy atom. The highest BCUT2D eigenvalue weighted by atomic mass is 32.2. The van der Waals surface area contributed by atoms with Gasteiger partial charge >= 0.3 is 0 Å². The number of aldehydes is 1. The lowest BCUT2D eigenvalue weighted by Crippen LogP contribution is -2.33. The van der Waals surface area contributed by atoms with Crippen molar-refractivity contribution in [1.29, 1.82) is 0 Å². The number of ketones is 2. The molecule has 0 radical (unpaired) electrons. The van der Waals surface area contributed by atoms with Gasteiger partial charge in [-0.05, 0) is 17.7 Å². The van der Waals surface area contributed by atoms with Crippen LogP contribution in [0, 0.1) is 0 Å². The van der Waals surface area contributed by atoms with Gasteiger partial charge in [0, 0.05) is 16.7 Å². The predicted octanol–water partition coefficient (Wildman–Crippen LogP) is 3.27. The van der Waals surface area contributed by atoms with Gasteiger partial charge in [0.15, 0.2) is 5.78 Å². The summed E-state index contributed by atoms with van der Waals surface area (Å²) in [5.74, 6) is -1.08. The molecule has 30 heavy (non-hydrogen) atoms. The lowest BCUT2D eigenvalue weighted by molar-refractivity contribution is 0.0988. The molecule has 6 nitrogen and oxygen atoms in total. The molecular formula is C23H15NO5S. The Hall–Kier alpha value is -3.84. The van der Waals surface area contributed by atoms with Crippen LogP contribution in [0.25, 0.3) is 5.57 Å². The number of Topliss-reactive ketones (excluding diaryl/α,β-unsaturated/α-hetero) is 2. The molecule has 0 spiro atoms. The minimum absolute atomic E-state index is 0.0349. The van der Waals surface area contributed by atoms with Crippen LogP contribution in [0.15, 0.2) is 89.5 Å². The number of allylic oxidation sites excluding steroid dienone is 2. The van der Waals surface area contributed by atoms with Crippen LogP contribution in [0.2, 0.25) is 0 Å². The first-order valence-electron chi connectivity index (χ1n) is 8.98. The van der Waals surface area contributed by atoms with Crippen LogP contribution in [-0.4, -0.2) is 26.3 Å². The van der Waals surface area contributed by atoms with E-state index < -0.39 is 21.6 Å². The summed E-state index contributed by atoms with van der Waals surface area (Å²) in [6.07, 6.45) is 0.653. The van der Waals surface area contributed by atoms with Crippen LogP contribution in [0.1, 0.15) is 36.6 Å². The fourth-order valence-electron chi connectivity index (χ4n) is 3.27. The van der Waals surface area contributed by atoms with Gasteiger partial charge in [-0.3, -0.25) is 19.1 Å². The summed E-state index contributed by atoms with van der Waals surface area (Å²) in [6.45, 7) is 0. The van der Waals surface area contributed by atoms with Gasteiger partial charge in [-0.15, -0.1) is 0 Å². The molecule has 0 unspecified atom stereocenters. The summed E-state index contributed by atoms with van der Waals surface area (Å²) in [5.41, 5.74) is 0.665. The largest absolute Gasteiger partial charge is 0.298 e. The number of nitrogens with one attached hydrogen (secondary N) is 1. The van der Waals surface area contributed by atoms with Crippen molar-refractivity contribution in [2.75, 3.05) is 0 Å². The van der Waals surface area contributed by atoms with Crippen molar-refractivity contribution in [3.63, 3.8) is 0 Å². The van der Waals surface area contributed by atoms with Crippen molar-refractivity contribution >= 4 is 33.4 Å². The van der Waals surface area contributed by atoms with Crippen LogP contribution in [0.5, 0.6) is 0 Å². The van der Waals surface area contributed by atoms with Gasteiger partial charge in [0.2, 0.25) is 5.78 Å². The fourth-order valence-corrected chi connectivity index (χ4v) is 4.37. The van der Waals surface area contributed by atoms with Crippen molar-refractivity contribution < 1.29 is 22.8 Å². The van der Waals surface area contributed by atoms with E-state index in [1.54, 1.807) is 30.3 Å². The molecule has 0 bridgehead atoms. The first-order chi connectivity index (χ1) is 14.4. The molecule has 0 amide bonds. The lowest BCUT2D eigenvalue weighted by atomic mass is 9.84. The molecule has 4 rings (SSSR count). The topological polar surface area (TPSA) is 97.4 Å². The Balaban J connectivity index is 1.92. The lowest BCUT2D eigenvalue weighted by Gasteiger charge is -2.22. The number of carbonyl (C=O) groups excluding carboxylic acids is 3.